The number of anilines is 1. The predicted octanol–water partition coefficient (Wildman–Crippen LogP) is 2.02. The number of methoxy groups -OCH3 is 1. The Labute approximate surface area is 255 Å². The van der Waals surface area contributed by atoms with Crippen molar-refractivity contribution in [2.45, 2.75) is 45.4 Å². The normalized spacial score (nSPS) is 21.6. The molecule has 2 aromatic heterocycles. The number of aromatic nitrogens is 1. The van der Waals surface area contributed by atoms with Crippen LogP contribution >= 0.6 is 0 Å². The van der Waals surface area contributed by atoms with Gasteiger partial charge < -0.3 is 29.2 Å². The summed E-state index contributed by atoms with van der Waals surface area (Å²) >= 11 is 0. The average Bonchev–Trinajstić information content (AvgIpc) is 3.70. The molecule has 15 heteroatoms. The highest BCUT2D eigenvalue weighted by Gasteiger charge is 2.57. The number of nitrogens with zero attached hydrogens (tertiary/aromatic N) is 4. The van der Waals surface area contributed by atoms with Crippen molar-refractivity contribution in [2.24, 2.45) is 5.41 Å². The third kappa shape index (κ3) is 4.92. The molecule has 3 aliphatic heterocycles. The number of benzene rings is 1. The summed E-state index contributed by atoms with van der Waals surface area (Å²) in [5.74, 6) is -3.41. The molecule has 5 heterocycles. The smallest absolute Gasteiger partial charge is 0.328 e. The number of β-amino-alcohol motifs (C(OH)–C–C–N with tert-alkyl or cyclic N) is 1. The van der Waals surface area contributed by atoms with Crippen LogP contribution in [0.5, 0.6) is 5.75 Å². The number of esters is 1. The largest absolute Gasteiger partial charge is 0.494 e. The van der Waals surface area contributed by atoms with E-state index >= 15 is 4.39 Å². The van der Waals surface area contributed by atoms with Gasteiger partial charge in [-0.25, -0.2) is 19.1 Å². The van der Waals surface area contributed by atoms with Crippen molar-refractivity contribution in [3.63, 3.8) is 0 Å². The van der Waals surface area contributed by atoms with Crippen molar-refractivity contribution in [3.05, 3.63) is 53.0 Å². The number of hydrogen-bond acceptors (Lipinski definition) is 10. The summed E-state index contributed by atoms with van der Waals surface area (Å²) in [6.07, 6.45) is -0.885. The van der Waals surface area contributed by atoms with Crippen molar-refractivity contribution in [2.75, 3.05) is 31.8 Å². The van der Waals surface area contributed by atoms with E-state index in [2.05, 4.69) is 10.3 Å². The fourth-order valence-corrected chi connectivity index (χ4v) is 5.59. The Morgan fingerprint density at radius 2 is 1.96 bits per heavy atom. The number of imide groups is 1. The SMILES string of the molecule is COc1ccc2c(c1F)C(=O)N(C[C@@]1(c3cc4nc(N5C[C@@H](O)CC5=O)ccc4o3)NC(=O)N(COC(=O)C(C)(C)C)C1=O)C2. The van der Waals surface area contributed by atoms with Gasteiger partial charge >= 0.3 is 12.0 Å². The second-order valence-electron chi connectivity index (χ2n) is 12.2. The number of halogens is 1. The summed E-state index contributed by atoms with van der Waals surface area (Å²) in [5, 5.41) is 12.5. The van der Waals surface area contributed by atoms with Gasteiger partial charge in [-0.3, -0.25) is 24.1 Å². The number of carbonyl (C=O) groups excluding carboxylic acids is 5. The minimum absolute atomic E-state index is 0.0473. The van der Waals surface area contributed by atoms with E-state index in [0.717, 1.165) is 0 Å². The van der Waals surface area contributed by atoms with E-state index in [1.807, 2.05) is 0 Å². The third-order valence-electron chi connectivity index (χ3n) is 7.98. The first-order chi connectivity index (χ1) is 21.2. The van der Waals surface area contributed by atoms with Crippen LogP contribution in [0.2, 0.25) is 0 Å². The number of furan rings is 1. The van der Waals surface area contributed by atoms with Gasteiger partial charge in [-0.15, -0.1) is 0 Å². The van der Waals surface area contributed by atoms with Gasteiger partial charge in [0.25, 0.3) is 11.8 Å². The number of aliphatic hydroxyl groups is 1. The van der Waals surface area contributed by atoms with Crippen LogP contribution in [0.25, 0.3) is 11.1 Å². The molecule has 2 atom stereocenters. The molecule has 3 aliphatic rings. The molecule has 14 nitrogen and oxygen atoms in total. The molecule has 0 bridgehead atoms. The van der Waals surface area contributed by atoms with Crippen molar-refractivity contribution in [1.82, 2.24) is 20.1 Å². The van der Waals surface area contributed by atoms with E-state index in [9.17, 15) is 29.1 Å². The highest BCUT2D eigenvalue weighted by atomic mass is 19.1. The zero-order valence-corrected chi connectivity index (χ0v) is 24.9. The van der Waals surface area contributed by atoms with Crippen LogP contribution in [0.15, 0.2) is 34.7 Å². The van der Waals surface area contributed by atoms with Crippen LogP contribution in [-0.4, -0.2) is 82.6 Å². The number of rotatable bonds is 7. The molecule has 0 spiro atoms. The van der Waals surface area contributed by atoms with Crippen molar-refractivity contribution < 1.29 is 47.4 Å². The Morgan fingerprint density at radius 3 is 2.62 bits per heavy atom. The summed E-state index contributed by atoms with van der Waals surface area (Å²) in [6.45, 7) is 3.64. The van der Waals surface area contributed by atoms with Gasteiger partial charge in [0.05, 0.1) is 43.7 Å². The van der Waals surface area contributed by atoms with Gasteiger partial charge in [0.2, 0.25) is 5.91 Å². The lowest BCUT2D eigenvalue weighted by Crippen LogP contribution is -2.52. The quantitative estimate of drug-likeness (QED) is 0.293. The molecule has 0 radical (unpaired) electrons. The number of fused-ring (bicyclic) bond motifs is 2. The highest BCUT2D eigenvalue weighted by Crippen LogP contribution is 2.38. The maximum Gasteiger partial charge on any atom is 0.328 e. The van der Waals surface area contributed by atoms with E-state index in [0.29, 0.717) is 10.5 Å². The fraction of sp³-hybridized carbons (Fsp3) is 0.400. The first kappa shape index (κ1) is 30.0. The Balaban J connectivity index is 1.38. The first-order valence-electron chi connectivity index (χ1n) is 14.1. The molecule has 6 rings (SSSR count). The Hall–Kier alpha value is -5.05. The van der Waals surface area contributed by atoms with Crippen LogP contribution in [0.1, 0.15) is 48.9 Å². The van der Waals surface area contributed by atoms with E-state index in [1.165, 1.54) is 41.2 Å². The minimum atomic E-state index is -2.02. The maximum atomic E-state index is 15.1. The van der Waals surface area contributed by atoms with E-state index < -0.39 is 60.0 Å². The Bertz CT molecular complexity index is 1780. The number of aliphatic hydroxyl groups excluding tert-OH is 1. The number of pyridine rings is 1. The van der Waals surface area contributed by atoms with E-state index in [1.54, 1.807) is 26.8 Å². The van der Waals surface area contributed by atoms with Gasteiger partial charge in [0.1, 0.15) is 17.1 Å². The monoisotopic (exact) mass is 623 g/mol. The molecule has 236 valence electrons. The van der Waals surface area contributed by atoms with Gasteiger partial charge in [0, 0.05) is 12.6 Å². The first-order valence-corrected chi connectivity index (χ1v) is 14.1. The zero-order valence-electron chi connectivity index (χ0n) is 24.9. The molecule has 2 N–H and O–H groups in total. The van der Waals surface area contributed by atoms with Crippen LogP contribution in [0.4, 0.5) is 15.0 Å². The summed E-state index contributed by atoms with van der Waals surface area (Å²) in [7, 11) is 1.27. The van der Waals surface area contributed by atoms with E-state index in [-0.39, 0.29) is 59.4 Å². The molecule has 1 aromatic carbocycles. The number of urea groups is 1. The van der Waals surface area contributed by atoms with Crippen LogP contribution in [-0.2, 0) is 31.2 Å². The molecule has 45 heavy (non-hydrogen) atoms. The lowest BCUT2D eigenvalue weighted by atomic mass is 9.95. The molecular formula is C30H30FN5O9. The highest BCUT2D eigenvalue weighted by molar-refractivity contribution is 6.08. The van der Waals surface area contributed by atoms with Gasteiger partial charge in [-0.05, 0) is 44.5 Å². The average molecular weight is 624 g/mol. The molecule has 2 saturated heterocycles. The van der Waals surface area contributed by atoms with Gasteiger partial charge in [-0.1, -0.05) is 6.07 Å². The van der Waals surface area contributed by atoms with Gasteiger partial charge in [0.15, 0.2) is 29.4 Å². The van der Waals surface area contributed by atoms with Crippen molar-refractivity contribution >= 4 is 46.6 Å². The maximum absolute atomic E-state index is 15.1. The second kappa shape index (κ2) is 10.5. The van der Waals surface area contributed by atoms with Crippen molar-refractivity contribution in [3.8, 4) is 5.75 Å². The molecule has 2 fully saturated rings. The predicted molar refractivity (Wildman–Crippen MR) is 152 cm³/mol. The van der Waals surface area contributed by atoms with Crippen LogP contribution < -0.4 is 15.0 Å². The van der Waals surface area contributed by atoms with Crippen molar-refractivity contribution in [1.29, 1.82) is 0 Å². The summed E-state index contributed by atoms with van der Waals surface area (Å²) < 4.78 is 31.4. The summed E-state index contributed by atoms with van der Waals surface area (Å²) in [4.78, 5) is 73.3. The van der Waals surface area contributed by atoms with Gasteiger partial charge in [-0.2, -0.15) is 0 Å². The standard InChI is InChI=1S/C30H30FN5O9/c1-29(2,3)27(41)44-14-36-26(40)30(33-28(36)42,13-34-11-15-5-6-19(43-4)24(31)23(15)25(34)39)20-10-17-18(45-20)7-8-21(32-17)35-12-16(37)9-22(35)38/h5-8,10,16,37H,9,11-14H2,1-4H3,(H,33,42)/t16-,30-/m0/s1. The third-order valence-corrected chi connectivity index (χ3v) is 7.98. The topological polar surface area (TPSA) is 172 Å². The Morgan fingerprint density at radius 1 is 1.20 bits per heavy atom. The zero-order chi connectivity index (χ0) is 32.4. The lowest BCUT2D eigenvalue weighted by molar-refractivity contribution is -0.158. The number of nitrogens with one attached hydrogen (secondary N) is 1. The molecular weight excluding hydrogens is 593 g/mol. The van der Waals surface area contributed by atoms with E-state index in [4.69, 9.17) is 13.9 Å². The number of hydrogen-bond donors (Lipinski definition) is 2. The fourth-order valence-electron chi connectivity index (χ4n) is 5.59. The summed E-state index contributed by atoms with van der Waals surface area (Å²) in [5.41, 5.74) is -2.37. The molecule has 5 amide bonds. The number of ether oxygens (including phenoxy) is 2. The molecule has 3 aromatic rings. The number of amides is 5. The molecule has 0 unspecified atom stereocenters. The Kier molecular flexibility index (Phi) is 7.03. The lowest BCUT2D eigenvalue weighted by Gasteiger charge is -2.29. The second-order valence-corrected chi connectivity index (χ2v) is 12.2. The van der Waals surface area contributed by atoms with Crippen LogP contribution in [0.3, 0.4) is 0 Å². The summed E-state index contributed by atoms with van der Waals surface area (Å²) in [6, 6.07) is 6.46. The minimum Gasteiger partial charge on any atom is -0.494 e. The van der Waals surface area contributed by atoms with Crippen LogP contribution in [0, 0.1) is 11.2 Å². The molecule has 0 aliphatic carbocycles. The molecule has 0 saturated carbocycles. The number of carbonyl (C=O) groups is 5.